The lowest BCUT2D eigenvalue weighted by Crippen LogP contribution is -2.45. The maximum Gasteiger partial charge on any atom is 0.0772 e. The minimum absolute atomic E-state index is 0.333. The Bertz CT molecular complexity index is 428. The van der Waals surface area contributed by atoms with Gasteiger partial charge in [0.1, 0.15) is 0 Å². The highest BCUT2D eigenvalue weighted by Gasteiger charge is 2.36. The number of hydrogen-bond acceptors (Lipinski definition) is 3. The van der Waals surface area contributed by atoms with Gasteiger partial charge in [-0.05, 0) is 56.6 Å². The molecule has 1 fully saturated rings. The van der Waals surface area contributed by atoms with Gasteiger partial charge in [-0.1, -0.05) is 20.8 Å². The maximum absolute atomic E-state index is 10.7. The van der Waals surface area contributed by atoms with E-state index in [2.05, 4.69) is 45.1 Å². The molecule has 20 heavy (non-hydrogen) atoms. The van der Waals surface area contributed by atoms with Gasteiger partial charge in [-0.15, -0.1) is 11.3 Å². The fourth-order valence-electron chi connectivity index (χ4n) is 2.83. The van der Waals surface area contributed by atoms with Crippen LogP contribution < -0.4 is 5.32 Å². The first kappa shape index (κ1) is 16.0. The Labute approximate surface area is 127 Å². The van der Waals surface area contributed by atoms with Crippen molar-refractivity contribution in [3.8, 4) is 0 Å². The Morgan fingerprint density at radius 1 is 1.25 bits per heavy atom. The zero-order valence-corrected chi connectivity index (χ0v) is 14.1. The van der Waals surface area contributed by atoms with E-state index >= 15 is 0 Å². The highest BCUT2D eigenvalue weighted by atomic mass is 32.1. The van der Waals surface area contributed by atoms with Gasteiger partial charge >= 0.3 is 0 Å². The summed E-state index contributed by atoms with van der Waals surface area (Å²) in [5.41, 5.74) is -0.101. The molecule has 1 saturated carbocycles. The number of rotatable bonds is 5. The van der Waals surface area contributed by atoms with E-state index < -0.39 is 5.60 Å². The van der Waals surface area contributed by atoms with Crippen molar-refractivity contribution in [2.75, 3.05) is 6.54 Å². The van der Waals surface area contributed by atoms with E-state index in [4.69, 9.17) is 0 Å². The molecule has 1 heterocycles. The van der Waals surface area contributed by atoms with Crippen LogP contribution in [0.5, 0.6) is 0 Å². The predicted octanol–water partition coefficient (Wildman–Crippen LogP) is 4.29. The smallest absolute Gasteiger partial charge is 0.0772 e. The molecule has 1 aliphatic rings. The summed E-state index contributed by atoms with van der Waals surface area (Å²) in [6.45, 7) is 9.71. The lowest BCUT2D eigenvalue weighted by atomic mass is 9.71. The molecule has 1 aromatic rings. The van der Waals surface area contributed by atoms with Gasteiger partial charge in [-0.2, -0.15) is 0 Å². The van der Waals surface area contributed by atoms with E-state index in [1.807, 2.05) is 11.3 Å². The molecule has 1 unspecified atom stereocenters. The van der Waals surface area contributed by atoms with Gasteiger partial charge in [0.05, 0.1) is 5.60 Å². The van der Waals surface area contributed by atoms with Crippen LogP contribution in [0.2, 0.25) is 0 Å². The van der Waals surface area contributed by atoms with Crippen LogP contribution >= 0.6 is 11.3 Å². The maximum atomic E-state index is 10.7. The van der Waals surface area contributed by atoms with Crippen molar-refractivity contribution in [2.24, 2.45) is 5.41 Å². The Hall–Kier alpha value is -0.380. The molecular weight excluding hydrogens is 266 g/mol. The molecule has 0 bridgehead atoms. The third-order valence-electron chi connectivity index (χ3n) is 4.73. The quantitative estimate of drug-likeness (QED) is 0.849. The molecule has 0 saturated heterocycles. The van der Waals surface area contributed by atoms with E-state index in [0.717, 1.165) is 32.1 Å². The van der Waals surface area contributed by atoms with Crippen molar-refractivity contribution in [2.45, 2.75) is 71.4 Å². The first-order valence-electron chi connectivity index (χ1n) is 7.88. The van der Waals surface area contributed by atoms with Crippen molar-refractivity contribution in [1.82, 2.24) is 5.32 Å². The molecule has 1 atom stereocenters. The van der Waals surface area contributed by atoms with Gasteiger partial charge in [-0.3, -0.25) is 0 Å². The van der Waals surface area contributed by atoms with E-state index in [0.29, 0.717) is 18.0 Å². The number of thiophene rings is 1. The van der Waals surface area contributed by atoms with E-state index in [9.17, 15) is 5.11 Å². The molecule has 2 N–H and O–H groups in total. The van der Waals surface area contributed by atoms with Gasteiger partial charge in [0.25, 0.3) is 0 Å². The average Bonchev–Trinajstić information content (AvgIpc) is 2.89. The van der Waals surface area contributed by atoms with Crippen molar-refractivity contribution < 1.29 is 5.11 Å². The van der Waals surface area contributed by atoms with Crippen LogP contribution in [0.1, 0.15) is 69.2 Å². The summed E-state index contributed by atoms with van der Waals surface area (Å²) in [4.78, 5) is 2.81. The molecule has 0 aromatic carbocycles. The minimum atomic E-state index is -0.505. The summed E-state index contributed by atoms with van der Waals surface area (Å²) in [5.74, 6) is 0. The molecule has 3 heteroatoms. The highest BCUT2D eigenvalue weighted by Crippen LogP contribution is 2.40. The third-order valence-corrected chi connectivity index (χ3v) is 6.14. The van der Waals surface area contributed by atoms with Gasteiger partial charge < -0.3 is 10.4 Å². The topological polar surface area (TPSA) is 32.3 Å². The molecule has 0 radical (unpaired) electrons. The number of aryl methyl sites for hydroxylation is 1. The summed E-state index contributed by atoms with van der Waals surface area (Å²) >= 11 is 1.88. The van der Waals surface area contributed by atoms with Crippen molar-refractivity contribution in [1.29, 1.82) is 0 Å². The van der Waals surface area contributed by atoms with Crippen molar-refractivity contribution in [3.63, 3.8) is 0 Å². The normalized spacial score (nSPS) is 22.6. The fraction of sp³-hybridized carbons (Fsp3) is 0.765. The average molecular weight is 295 g/mol. The van der Waals surface area contributed by atoms with Crippen LogP contribution in [-0.2, 0) is 6.42 Å². The molecule has 2 rings (SSSR count). The van der Waals surface area contributed by atoms with Crippen LogP contribution in [0.15, 0.2) is 12.1 Å². The number of hydrogen-bond donors (Lipinski definition) is 2. The Morgan fingerprint density at radius 3 is 2.45 bits per heavy atom. The first-order chi connectivity index (χ1) is 9.34. The molecule has 1 aliphatic carbocycles. The summed E-state index contributed by atoms with van der Waals surface area (Å²) in [6, 6.07) is 4.77. The second-order valence-electron chi connectivity index (χ2n) is 7.15. The molecule has 2 nitrogen and oxygen atoms in total. The summed E-state index contributed by atoms with van der Waals surface area (Å²) in [7, 11) is 0. The van der Waals surface area contributed by atoms with Gasteiger partial charge in [0.2, 0.25) is 0 Å². The second-order valence-corrected chi connectivity index (χ2v) is 8.35. The fourth-order valence-corrected chi connectivity index (χ4v) is 3.81. The molecule has 0 aliphatic heterocycles. The van der Waals surface area contributed by atoms with Crippen molar-refractivity contribution >= 4 is 11.3 Å². The SMILES string of the molecule is CCc1ccc(C(C)NCC2(O)CCC(C)(C)CC2)s1. The van der Waals surface area contributed by atoms with E-state index in [-0.39, 0.29) is 0 Å². The summed E-state index contributed by atoms with van der Waals surface area (Å²) in [6.07, 6.45) is 5.20. The minimum Gasteiger partial charge on any atom is -0.389 e. The third kappa shape index (κ3) is 4.06. The number of nitrogens with one attached hydrogen (secondary N) is 1. The molecule has 0 spiro atoms. The first-order valence-corrected chi connectivity index (χ1v) is 8.70. The predicted molar refractivity (Wildman–Crippen MR) is 87.3 cm³/mol. The standard InChI is InChI=1S/C17H29NOS/c1-5-14-6-7-15(20-14)13(2)18-12-17(19)10-8-16(3,4)9-11-17/h6-7,13,18-19H,5,8-12H2,1-4H3. The molecule has 1 aromatic heterocycles. The largest absolute Gasteiger partial charge is 0.389 e. The molecule has 114 valence electrons. The summed E-state index contributed by atoms with van der Waals surface area (Å²) < 4.78 is 0. The Kier molecular flexibility index (Phi) is 4.93. The van der Waals surface area contributed by atoms with Crippen LogP contribution in [-0.4, -0.2) is 17.3 Å². The van der Waals surface area contributed by atoms with Crippen LogP contribution in [0.3, 0.4) is 0 Å². The lowest BCUT2D eigenvalue weighted by Gasteiger charge is -2.40. The zero-order chi connectivity index (χ0) is 14.8. The van der Waals surface area contributed by atoms with Crippen LogP contribution in [0.4, 0.5) is 0 Å². The van der Waals surface area contributed by atoms with Gasteiger partial charge in [-0.25, -0.2) is 0 Å². The molecule has 0 amide bonds. The van der Waals surface area contributed by atoms with E-state index in [1.54, 1.807) is 0 Å². The van der Waals surface area contributed by atoms with Crippen molar-refractivity contribution in [3.05, 3.63) is 21.9 Å². The zero-order valence-electron chi connectivity index (χ0n) is 13.3. The van der Waals surface area contributed by atoms with Gasteiger partial charge in [0, 0.05) is 22.3 Å². The Morgan fingerprint density at radius 2 is 1.90 bits per heavy atom. The van der Waals surface area contributed by atoms with Crippen LogP contribution in [0.25, 0.3) is 0 Å². The Balaban J connectivity index is 1.85. The summed E-state index contributed by atoms with van der Waals surface area (Å²) in [5, 5.41) is 14.2. The number of aliphatic hydroxyl groups is 1. The molecular formula is C17H29NOS. The second kappa shape index (κ2) is 6.17. The van der Waals surface area contributed by atoms with E-state index in [1.165, 1.54) is 9.75 Å². The van der Waals surface area contributed by atoms with Gasteiger partial charge in [0.15, 0.2) is 0 Å². The monoisotopic (exact) mass is 295 g/mol. The lowest BCUT2D eigenvalue weighted by molar-refractivity contribution is -0.0257. The highest BCUT2D eigenvalue weighted by molar-refractivity contribution is 7.12. The van der Waals surface area contributed by atoms with Crippen LogP contribution in [0, 0.1) is 5.41 Å².